The van der Waals surface area contributed by atoms with Crippen molar-refractivity contribution in [2.45, 2.75) is 62.0 Å². The average Bonchev–Trinajstić information content (AvgIpc) is 2.87. The van der Waals surface area contributed by atoms with Crippen molar-refractivity contribution in [3.63, 3.8) is 0 Å². The second-order valence-corrected chi connectivity index (χ2v) is 7.85. The fourth-order valence-corrected chi connectivity index (χ4v) is 2.86. The zero-order valence-corrected chi connectivity index (χ0v) is 16.7. The molecule has 0 unspecified atom stereocenters. The lowest BCUT2D eigenvalue weighted by Gasteiger charge is -2.39. The van der Waals surface area contributed by atoms with Crippen LogP contribution in [0.15, 0.2) is 29.3 Å². The summed E-state index contributed by atoms with van der Waals surface area (Å²) in [5.41, 5.74) is 0.344. The van der Waals surface area contributed by atoms with Crippen LogP contribution in [0.4, 0.5) is 62.8 Å². The number of allylic oxidation sites excluding steroid dienone is 1. The Hall–Kier alpha value is -2.28. The van der Waals surface area contributed by atoms with Crippen molar-refractivity contribution in [3.05, 3.63) is 35.4 Å². The number of aliphatic imine (C=N–C) groups is 1. The van der Waals surface area contributed by atoms with Crippen LogP contribution < -0.4 is 0 Å². The van der Waals surface area contributed by atoms with E-state index in [1.54, 1.807) is 20.8 Å². The molecule has 1 aromatic rings. The van der Waals surface area contributed by atoms with Gasteiger partial charge in [-0.05, 0) is 36.3 Å². The molecule has 0 amide bonds. The average molecular weight is 503 g/mol. The highest BCUT2D eigenvalue weighted by Gasteiger charge is 2.90. The van der Waals surface area contributed by atoms with E-state index in [4.69, 9.17) is 0 Å². The van der Waals surface area contributed by atoms with E-state index in [2.05, 4.69) is 4.99 Å². The summed E-state index contributed by atoms with van der Waals surface area (Å²) in [6, 6.07) is 3.45. The number of hydrogen-bond donors (Lipinski definition) is 0. The summed E-state index contributed by atoms with van der Waals surface area (Å²) in [7, 11) is 0. The zero-order chi connectivity index (χ0) is 26.1. The van der Waals surface area contributed by atoms with Crippen LogP contribution in [0.25, 0.3) is 6.08 Å². The van der Waals surface area contributed by atoms with Crippen LogP contribution in [0.2, 0.25) is 0 Å². The smallest absolute Gasteiger partial charge is 0.257 e. The SMILES string of the molecule is CC1=Nc2ccc(/C=C/C(F)(F)C(F)(F)C(F)(F)C(F)(F)C(F)(F)C(F)(F)F)cc2C1(C)C. The molecule has 0 atom stereocenters. The van der Waals surface area contributed by atoms with Gasteiger partial charge in [0.15, 0.2) is 0 Å². The normalized spacial score (nSPS) is 18.0. The van der Waals surface area contributed by atoms with E-state index >= 15 is 0 Å². The predicted molar refractivity (Wildman–Crippen MR) is 92.1 cm³/mol. The Balaban J connectivity index is 2.45. The molecular formula is C19H14F13N. The van der Waals surface area contributed by atoms with Gasteiger partial charge in [0.25, 0.3) is 0 Å². The molecule has 1 aliphatic rings. The van der Waals surface area contributed by atoms with Crippen molar-refractivity contribution in [2.75, 3.05) is 0 Å². The van der Waals surface area contributed by atoms with Crippen LogP contribution in [0, 0.1) is 0 Å². The largest absolute Gasteiger partial charge is 0.460 e. The second kappa shape index (κ2) is 7.36. The molecule has 33 heavy (non-hydrogen) atoms. The maximum atomic E-state index is 13.9. The molecule has 0 bridgehead atoms. The van der Waals surface area contributed by atoms with Crippen LogP contribution in [-0.2, 0) is 5.41 Å². The number of rotatable bonds is 6. The van der Waals surface area contributed by atoms with E-state index in [9.17, 15) is 57.1 Å². The molecule has 0 aliphatic carbocycles. The molecule has 0 saturated carbocycles. The Morgan fingerprint density at radius 2 is 1.21 bits per heavy atom. The van der Waals surface area contributed by atoms with E-state index in [-0.39, 0.29) is 11.6 Å². The highest BCUT2D eigenvalue weighted by atomic mass is 19.4. The van der Waals surface area contributed by atoms with Gasteiger partial charge in [0.1, 0.15) is 0 Å². The lowest BCUT2D eigenvalue weighted by atomic mass is 9.81. The molecule has 0 fully saturated rings. The van der Waals surface area contributed by atoms with Crippen LogP contribution >= 0.6 is 0 Å². The van der Waals surface area contributed by atoms with Gasteiger partial charge >= 0.3 is 35.8 Å². The van der Waals surface area contributed by atoms with Crippen LogP contribution in [0.3, 0.4) is 0 Å². The van der Waals surface area contributed by atoms with Crippen molar-refractivity contribution in [1.82, 2.24) is 0 Å². The fourth-order valence-electron chi connectivity index (χ4n) is 2.86. The van der Waals surface area contributed by atoms with Gasteiger partial charge in [-0.3, -0.25) is 4.99 Å². The van der Waals surface area contributed by atoms with Gasteiger partial charge in [-0.25, -0.2) is 0 Å². The third-order valence-corrected chi connectivity index (χ3v) is 5.33. The molecule has 14 heteroatoms. The molecule has 1 nitrogen and oxygen atoms in total. The summed E-state index contributed by atoms with van der Waals surface area (Å²) in [5, 5.41) is 0. The number of nitrogens with zero attached hydrogens (tertiary/aromatic N) is 1. The maximum Gasteiger partial charge on any atom is 0.460 e. The Morgan fingerprint density at radius 3 is 1.70 bits per heavy atom. The minimum Gasteiger partial charge on any atom is -0.257 e. The number of alkyl halides is 13. The molecule has 186 valence electrons. The maximum absolute atomic E-state index is 13.9. The van der Waals surface area contributed by atoms with Gasteiger partial charge in [0.2, 0.25) is 0 Å². The Bertz CT molecular complexity index is 984. The van der Waals surface area contributed by atoms with Gasteiger partial charge in [-0.2, -0.15) is 57.1 Å². The highest BCUT2D eigenvalue weighted by Crippen LogP contribution is 2.60. The van der Waals surface area contributed by atoms with Crippen molar-refractivity contribution in [2.24, 2.45) is 4.99 Å². The summed E-state index contributed by atoms with van der Waals surface area (Å²) in [6.07, 6.45) is -8.29. The molecule has 2 rings (SSSR count). The molecule has 0 spiro atoms. The molecule has 0 saturated heterocycles. The molecule has 0 radical (unpaired) electrons. The van der Waals surface area contributed by atoms with E-state index in [0.29, 0.717) is 17.0 Å². The van der Waals surface area contributed by atoms with Crippen LogP contribution in [0.1, 0.15) is 31.9 Å². The highest BCUT2D eigenvalue weighted by molar-refractivity contribution is 5.99. The number of hydrogen-bond acceptors (Lipinski definition) is 1. The van der Waals surface area contributed by atoms with E-state index in [1.807, 2.05) is 0 Å². The number of benzene rings is 1. The summed E-state index contributed by atoms with van der Waals surface area (Å²) < 4.78 is 171. The minimum absolute atomic E-state index is 0.119. The first-order valence-corrected chi connectivity index (χ1v) is 8.80. The molecule has 0 N–H and O–H groups in total. The van der Waals surface area contributed by atoms with Crippen LogP contribution in [0.5, 0.6) is 0 Å². The van der Waals surface area contributed by atoms with Gasteiger partial charge in [0.05, 0.1) is 5.69 Å². The van der Waals surface area contributed by atoms with Gasteiger partial charge < -0.3 is 0 Å². The van der Waals surface area contributed by atoms with E-state index < -0.39 is 47.3 Å². The topological polar surface area (TPSA) is 12.4 Å². The first kappa shape index (κ1) is 27.0. The van der Waals surface area contributed by atoms with Crippen molar-refractivity contribution < 1.29 is 57.1 Å². The Morgan fingerprint density at radius 1 is 0.727 bits per heavy atom. The predicted octanol–water partition coefficient (Wildman–Crippen LogP) is 7.82. The van der Waals surface area contributed by atoms with Gasteiger partial charge in [-0.1, -0.05) is 26.0 Å². The standard InChI is InChI=1S/C19H14F13N/c1-9-13(2,3)11-8-10(4-5-12(11)33-9)6-7-14(20,21)15(22,23)16(24,25)17(26,27)18(28,29)19(30,31)32/h4-8H,1-3H3/b7-6+. The Labute approximate surface area is 178 Å². The monoisotopic (exact) mass is 503 g/mol. The fraction of sp³-hybridized carbons (Fsp3) is 0.526. The van der Waals surface area contributed by atoms with Crippen LogP contribution in [-0.4, -0.2) is 41.5 Å². The first-order chi connectivity index (χ1) is 14.4. The molecule has 1 heterocycles. The van der Waals surface area contributed by atoms with E-state index in [0.717, 1.165) is 12.1 Å². The number of fused-ring (bicyclic) bond motifs is 1. The Kier molecular flexibility index (Phi) is 6.01. The van der Waals surface area contributed by atoms with Crippen molar-refractivity contribution >= 4 is 17.5 Å². The second-order valence-electron chi connectivity index (χ2n) is 7.85. The summed E-state index contributed by atoms with van der Waals surface area (Å²) >= 11 is 0. The number of halogens is 13. The quantitative estimate of drug-likeness (QED) is 0.351. The molecular weight excluding hydrogens is 489 g/mol. The van der Waals surface area contributed by atoms with Crippen molar-refractivity contribution in [1.29, 1.82) is 0 Å². The minimum atomic E-state index is -7.91. The third kappa shape index (κ3) is 3.78. The third-order valence-electron chi connectivity index (χ3n) is 5.33. The van der Waals surface area contributed by atoms with E-state index in [1.165, 1.54) is 6.07 Å². The lowest BCUT2D eigenvalue weighted by Crippen LogP contribution is -2.69. The van der Waals surface area contributed by atoms with Crippen molar-refractivity contribution in [3.8, 4) is 0 Å². The summed E-state index contributed by atoms with van der Waals surface area (Å²) in [6.45, 7) is 4.96. The zero-order valence-electron chi connectivity index (χ0n) is 16.7. The lowest BCUT2D eigenvalue weighted by molar-refractivity contribution is -0.436. The first-order valence-electron chi connectivity index (χ1n) is 8.80. The summed E-state index contributed by atoms with van der Waals surface area (Å²) in [4.78, 5) is 4.18. The molecule has 1 aliphatic heterocycles. The molecule has 0 aromatic heterocycles. The van der Waals surface area contributed by atoms with Gasteiger partial charge in [0, 0.05) is 11.1 Å². The summed E-state index contributed by atoms with van der Waals surface area (Å²) in [5.74, 6) is -37.1. The molecule has 1 aromatic carbocycles. The van der Waals surface area contributed by atoms with Gasteiger partial charge in [-0.15, -0.1) is 0 Å².